The molecule has 0 aliphatic heterocycles. The summed E-state index contributed by atoms with van der Waals surface area (Å²) < 4.78 is 4.71. The normalized spacial score (nSPS) is 10.5. The van der Waals surface area contributed by atoms with E-state index in [2.05, 4.69) is 4.98 Å². The molecule has 0 aliphatic rings. The molecule has 15 heavy (non-hydrogen) atoms. The summed E-state index contributed by atoms with van der Waals surface area (Å²) in [5.41, 5.74) is 7.59. The molecule has 0 spiro atoms. The van der Waals surface area contributed by atoms with Gasteiger partial charge in [-0.25, -0.2) is 4.79 Å². The molecule has 0 amide bonds. The fourth-order valence-corrected chi connectivity index (χ4v) is 1.36. The average Bonchev–Trinajstić information content (AvgIpc) is 2.26. The molecule has 0 aliphatic carbocycles. The lowest BCUT2D eigenvalue weighted by Crippen LogP contribution is -2.11. The summed E-state index contributed by atoms with van der Waals surface area (Å²) in [6.45, 7) is 4.34. The molecule has 0 saturated heterocycles. The third-order valence-electron chi connectivity index (χ3n) is 2.16. The molecule has 0 radical (unpaired) electrons. The zero-order chi connectivity index (χ0) is 11.4. The second kappa shape index (κ2) is 4.89. The summed E-state index contributed by atoms with van der Waals surface area (Å²) in [6.07, 6.45) is 1.70. The molecular weight excluding hydrogens is 192 g/mol. The number of carbonyl (C=O) groups is 1. The van der Waals surface area contributed by atoms with Gasteiger partial charge in [-0.2, -0.15) is 0 Å². The van der Waals surface area contributed by atoms with E-state index in [9.17, 15) is 4.79 Å². The van der Waals surface area contributed by atoms with Crippen molar-refractivity contribution in [3.05, 3.63) is 29.1 Å². The minimum Gasteiger partial charge on any atom is -0.465 e. The van der Waals surface area contributed by atoms with Gasteiger partial charge in [0.15, 0.2) is 0 Å². The van der Waals surface area contributed by atoms with Crippen LogP contribution in [0, 0.1) is 0 Å². The quantitative estimate of drug-likeness (QED) is 0.763. The first-order chi connectivity index (χ1) is 7.10. The van der Waals surface area contributed by atoms with Gasteiger partial charge >= 0.3 is 5.97 Å². The van der Waals surface area contributed by atoms with Gasteiger partial charge < -0.3 is 10.5 Å². The van der Waals surface area contributed by atoms with Crippen LogP contribution in [0.4, 0.5) is 0 Å². The number of esters is 1. The fraction of sp³-hybridized carbons (Fsp3) is 0.455. The van der Waals surface area contributed by atoms with Crippen LogP contribution in [-0.2, 0) is 11.3 Å². The Balaban J connectivity index is 3.22. The van der Waals surface area contributed by atoms with Crippen molar-refractivity contribution in [1.29, 1.82) is 0 Å². The lowest BCUT2D eigenvalue weighted by molar-refractivity contribution is 0.0598. The SMILES string of the molecule is COC(=O)c1cc(CN)cnc1C(C)C. The summed E-state index contributed by atoms with van der Waals surface area (Å²) in [6, 6.07) is 1.74. The first-order valence-electron chi connectivity index (χ1n) is 4.87. The zero-order valence-corrected chi connectivity index (χ0v) is 9.28. The second-order valence-corrected chi connectivity index (χ2v) is 3.63. The number of aromatic nitrogens is 1. The maximum Gasteiger partial charge on any atom is 0.339 e. The van der Waals surface area contributed by atoms with Crippen molar-refractivity contribution >= 4 is 5.97 Å². The molecule has 0 bridgehead atoms. The van der Waals surface area contributed by atoms with E-state index in [1.165, 1.54) is 7.11 Å². The smallest absolute Gasteiger partial charge is 0.339 e. The number of rotatable bonds is 3. The number of pyridine rings is 1. The molecule has 2 N–H and O–H groups in total. The van der Waals surface area contributed by atoms with Crippen LogP contribution >= 0.6 is 0 Å². The first kappa shape index (κ1) is 11.7. The van der Waals surface area contributed by atoms with E-state index in [0.29, 0.717) is 12.1 Å². The number of hydrogen-bond donors (Lipinski definition) is 1. The minimum atomic E-state index is -0.360. The minimum absolute atomic E-state index is 0.186. The summed E-state index contributed by atoms with van der Waals surface area (Å²) >= 11 is 0. The molecule has 0 unspecified atom stereocenters. The van der Waals surface area contributed by atoms with E-state index in [-0.39, 0.29) is 11.9 Å². The van der Waals surface area contributed by atoms with Gasteiger partial charge in [-0.15, -0.1) is 0 Å². The summed E-state index contributed by atoms with van der Waals surface area (Å²) in [7, 11) is 1.36. The second-order valence-electron chi connectivity index (χ2n) is 3.63. The van der Waals surface area contributed by atoms with Crippen molar-refractivity contribution in [2.24, 2.45) is 5.73 Å². The van der Waals surface area contributed by atoms with Crippen molar-refractivity contribution in [3.8, 4) is 0 Å². The van der Waals surface area contributed by atoms with Crippen molar-refractivity contribution in [3.63, 3.8) is 0 Å². The standard InChI is InChI=1S/C11H16N2O2/c1-7(2)10-9(11(14)15-3)4-8(5-12)6-13-10/h4,6-7H,5,12H2,1-3H3. The zero-order valence-electron chi connectivity index (χ0n) is 9.28. The van der Waals surface area contributed by atoms with E-state index in [1.54, 1.807) is 12.3 Å². The van der Waals surface area contributed by atoms with E-state index in [1.807, 2.05) is 13.8 Å². The fourth-order valence-electron chi connectivity index (χ4n) is 1.36. The highest BCUT2D eigenvalue weighted by atomic mass is 16.5. The first-order valence-corrected chi connectivity index (χ1v) is 4.87. The van der Waals surface area contributed by atoms with E-state index < -0.39 is 0 Å². The predicted molar refractivity (Wildman–Crippen MR) is 57.6 cm³/mol. The number of nitrogens with two attached hydrogens (primary N) is 1. The van der Waals surface area contributed by atoms with Crippen molar-refractivity contribution in [2.75, 3.05) is 7.11 Å². The van der Waals surface area contributed by atoms with Crippen LogP contribution in [0.15, 0.2) is 12.3 Å². The van der Waals surface area contributed by atoms with Gasteiger partial charge in [0.25, 0.3) is 0 Å². The van der Waals surface area contributed by atoms with Crippen LogP contribution in [0.2, 0.25) is 0 Å². The Morgan fingerprint density at radius 2 is 2.27 bits per heavy atom. The number of carbonyl (C=O) groups excluding carboxylic acids is 1. The van der Waals surface area contributed by atoms with E-state index in [4.69, 9.17) is 10.5 Å². The number of ether oxygens (including phenoxy) is 1. The third-order valence-corrected chi connectivity index (χ3v) is 2.16. The Labute approximate surface area is 89.5 Å². The molecule has 0 aromatic carbocycles. The van der Waals surface area contributed by atoms with E-state index >= 15 is 0 Å². The molecule has 1 aromatic heterocycles. The van der Waals surface area contributed by atoms with Crippen LogP contribution in [0.5, 0.6) is 0 Å². The van der Waals surface area contributed by atoms with Crippen LogP contribution in [0.1, 0.15) is 41.4 Å². The molecule has 4 heteroatoms. The van der Waals surface area contributed by atoms with Crippen LogP contribution in [0.3, 0.4) is 0 Å². The number of hydrogen-bond acceptors (Lipinski definition) is 4. The lowest BCUT2D eigenvalue weighted by atomic mass is 10.0. The average molecular weight is 208 g/mol. The molecule has 1 rings (SSSR count). The van der Waals surface area contributed by atoms with Gasteiger partial charge in [-0.05, 0) is 17.5 Å². The molecule has 0 fully saturated rings. The molecule has 0 saturated carbocycles. The summed E-state index contributed by atoms with van der Waals surface area (Å²) in [5.74, 6) is -0.174. The van der Waals surface area contributed by atoms with Gasteiger partial charge in [0.1, 0.15) is 0 Å². The Morgan fingerprint density at radius 3 is 2.73 bits per heavy atom. The van der Waals surface area contributed by atoms with Crippen molar-refractivity contribution in [1.82, 2.24) is 4.98 Å². The lowest BCUT2D eigenvalue weighted by Gasteiger charge is -2.11. The molecule has 82 valence electrons. The van der Waals surface area contributed by atoms with Crippen LogP contribution in [0.25, 0.3) is 0 Å². The largest absolute Gasteiger partial charge is 0.465 e. The van der Waals surface area contributed by atoms with Gasteiger partial charge in [0.05, 0.1) is 18.4 Å². The molecule has 4 nitrogen and oxygen atoms in total. The van der Waals surface area contributed by atoms with Gasteiger partial charge in [-0.3, -0.25) is 4.98 Å². The molecule has 1 aromatic rings. The Hall–Kier alpha value is -1.42. The molecule has 0 atom stereocenters. The topological polar surface area (TPSA) is 65.2 Å². The van der Waals surface area contributed by atoms with Gasteiger partial charge in [0.2, 0.25) is 0 Å². The van der Waals surface area contributed by atoms with Gasteiger partial charge in [-0.1, -0.05) is 13.8 Å². The predicted octanol–water partition coefficient (Wildman–Crippen LogP) is 1.45. The highest BCUT2D eigenvalue weighted by Gasteiger charge is 2.16. The van der Waals surface area contributed by atoms with Crippen molar-refractivity contribution < 1.29 is 9.53 Å². The van der Waals surface area contributed by atoms with Crippen LogP contribution < -0.4 is 5.73 Å². The van der Waals surface area contributed by atoms with E-state index in [0.717, 1.165) is 11.3 Å². The highest BCUT2D eigenvalue weighted by Crippen LogP contribution is 2.18. The maximum absolute atomic E-state index is 11.5. The van der Waals surface area contributed by atoms with Crippen LogP contribution in [-0.4, -0.2) is 18.1 Å². The number of nitrogens with zero attached hydrogens (tertiary/aromatic N) is 1. The molecular formula is C11H16N2O2. The number of methoxy groups -OCH3 is 1. The third kappa shape index (κ3) is 2.53. The van der Waals surface area contributed by atoms with Gasteiger partial charge in [0, 0.05) is 12.7 Å². The Bertz CT molecular complexity index is 362. The Morgan fingerprint density at radius 1 is 1.60 bits per heavy atom. The molecule has 1 heterocycles. The summed E-state index contributed by atoms with van der Waals surface area (Å²) in [5, 5.41) is 0. The maximum atomic E-state index is 11.5. The highest BCUT2D eigenvalue weighted by molar-refractivity contribution is 5.90. The van der Waals surface area contributed by atoms with Crippen molar-refractivity contribution in [2.45, 2.75) is 26.3 Å². The summed E-state index contributed by atoms with van der Waals surface area (Å²) in [4.78, 5) is 15.7. The Kier molecular flexibility index (Phi) is 3.80. The monoisotopic (exact) mass is 208 g/mol.